The Morgan fingerprint density at radius 1 is 1.00 bits per heavy atom. The van der Waals surface area contributed by atoms with E-state index in [9.17, 15) is 4.79 Å². The molecule has 0 aromatic heterocycles. The van der Waals surface area contributed by atoms with Gasteiger partial charge in [0.15, 0.2) is 0 Å². The van der Waals surface area contributed by atoms with Gasteiger partial charge in [0, 0.05) is 12.2 Å². The second-order valence-electron chi connectivity index (χ2n) is 6.11. The molecule has 0 unspecified atom stereocenters. The lowest BCUT2D eigenvalue weighted by atomic mass is 10.2. The van der Waals surface area contributed by atoms with Crippen LogP contribution in [0.2, 0.25) is 0 Å². The molecule has 8 nitrogen and oxygen atoms in total. The monoisotopic (exact) mass is 404 g/mol. The number of carbonyl (C=O) groups is 1. The van der Waals surface area contributed by atoms with Gasteiger partial charge in [0.05, 0.1) is 12.2 Å². The van der Waals surface area contributed by atoms with Crippen molar-refractivity contribution in [3.63, 3.8) is 0 Å². The quantitative estimate of drug-likeness (QED) is 0.222. The van der Waals surface area contributed by atoms with E-state index in [0.29, 0.717) is 17.9 Å². The largest absolute Gasteiger partial charge is 0.462 e. The van der Waals surface area contributed by atoms with Crippen LogP contribution in [0.25, 0.3) is 0 Å². The number of anilines is 1. The zero-order valence-electron chi connectivity index (χ0n) is 16.1. The van der Waals surface area contributed by atoms with Crippen LogP contribution in [0, 0.1) is 0 Å². The average Bonchev–Trinajstić information content (AvgIpc) is 2.59. The molecule has 0 spiro atoms. The van der Waals surface area contributed by atoms with Gasteiger partial charge in [-0.05, 0) is 56.6 Å². The Morgan fingerprint density at radius 2 is 1.44 bits per heavy atom. The molecule has 0 atom stereocenters. The molecule has 4 N–H and O–H groups in total. The molecule has 27 heavy (non-hydrogen) atoms. The molecule has 0 saturated carbocycles. The van der Waals surface area contributed by atoms with Crippen LogP contribution in [-0.2, 0) is 15.1 Å². The SMILES string of the molecule is CCCCN(CCCC)CCCOC(=O)c1ccc(N)cc1.O=S(=O)(O)O. The maximum absolute atomic E-state index is 11.9. The Hall–Kier alpha value is -1.68. The molecule has 0 aliphatic heterocycles. The van der Waals surface area contributed by atoms with Gasteiger partial charge < -0.3 is 15.4 Å². The van der Waals surface area contributed by atoms with E-state index in [1.54, 1.807) is 24.3 Å². The molecule has 0 aliphatic carbocycles. The number of esters is 1. The highest BCUT2D eigenvalue weighted by molar-refractivity contribution is 7.79. The second-order valence-corrected chi connectivity index (χ2v) is 7.00. The number of hydrogen-bond acceptors (Lipinski definition) is 6. The average molecular weight is 405 g/mol. The van der Waals surface area contributed by atoms with E-state index in [2.05, 4.69) is 18.7 Å². The molecule has 0 radical (unpaired) electrons. The fourth-order valence-electron chi connectivity index (χ4n) is 2.25. The first-order valence-electron chi connectivity index (χ1n) is 9.12. The lowest BCUT2D eigenvalue weighted by Gasteiger charge is -2.21. The van der Waals surface area contributed by atoms with Crippen LogP contribution in [-0.4, -0.2) is 54.6 Å². The van der Waals surface area contributed by atoms with Crippen molar-refractivity contribution in [3.05, 3.63) is 29.8 Å². The summed E-state index contributed by atoms with van der Waals surface area (Å²) >= 11 is 0. The van der Waals surface area contributed by atoms with Crippen LogP contribution >= 0.6 is 0 Å². The van der Waals surface area contributed by atoms with Crippen molar-refractivity contribution in [2.75, 3.05) is 32.0 Å². The van der Waals surface area contributed by atoms with Crippen molar-refractivity contribution in [1.82, 2.24) is 4.90 Å². The van der Waals surface area contributed by atoms with E-state index < -0.39 is 10.4 Å². The van der Waals surface area contributed by atoms with Crippen molar-refractivity contribution in [1.29, 1.82) is 0 Å². The molecule has 0 saturated heterocycles. The topological polar surface area (TPSA) is 130 Å². The van der Waals surface area contributed by atoms with Gasteiger partial charge in [0.2, 0.25) is 0 Å². The van der Waals surface area contributed by atoms with E-state index in [1.165, 1.54) is 25.7 Å². The summed E-state index contributed by atoms with van der Waals surface area (Å²) in [4.78, 5) is 14.3. The maximum atomic E-state index is 11.9. The second kappa shape index (κ2) is 14.4. The van der Waals surface area contributed by atoms with E-state index >= 15 is 0 Å². The van der Waals surface area contributed by atoms with Gasteiger partial charge >= 0.3 is 16.4 Å². The minimum atomic E-state index is -4.67. The summed E-state index contributed by atoms with van der Waals surface area (Å²) < 4.78 is 36.9. The number of carbonyl (C=O) groups excluding carboxylic acids is 1. The predicted octanol–water partition coefficient (Wildman–Crippen LogP) is 3.07. The number of nitrogens with two attached hydrogens (primary N) is 1. The van der Waals surface area contributed by atoms with Crippen molar-refractivity contribution >= 4 is 22.1 Å². The summed E-state index contributed by atoms with van der Waals surface area (Å²) in [5.41, 5.74) is 6.81. The predicted molar refractivity (Wildman–Crippen MR) is 106 cm³/mol. The molecule has 1 aromatic rings. The number of ether oxygens (including phenoxy) is 1. The molecule has 0 bridgehead atoms. The molecular weight excluding hydrogens is 372 g/mol. The fraction of sp³-hybridized carbons (Fsp3) is 0.611. The first-order chi connectivity index (χ1) is 12.7. The van der Waals surface area contributed by atoms with E-state index in [1.807, 2.05) is 0 Å². The van der Waals surface area contributed by atoms with Crippen LogP contribution in [0.4, 0.5) is 5.69 Å². The molecule has 0 heterocycles. The number of nitrogen functional groups attached to an aromatic ring is 1. The standard InChI is InChI=1S/C18H30N2O2.H2O4S/c1-3-5-12-20(13-6-4-2)14-7-15-22-18(21)16-8-10-17(19)11-9-16;1-5(2,3)4/h8-11H,3-7,12-15,19H2,1-2H3;(H2,1,2,3,4). The van der Waals surface area contributed by atoms with Gasteiger partial charge in [0.25, 0.3) is 0 Å². The Balaban J connectivity index is 0.00000119. The van der Waals surface area contributed by atoms with E-state index in [-0.39, 0.29) is 5.97 Å². The summed E-state index contributed by atoms with van der Waals surface area (Å²) in [6.07, 6.45) is 5.78. The Morgan fingerprint density at radius 3 is 1.89 bits per heavy atom. The number of nitrogens with zero attached hydrogens (tertiary/aromatic N) is 1. The first kappa shape index (κ1) is 25.3. The fourth-order valence-corrected chi connectivity index (χ4v) is 2.25. The van der Waals surface area contributed by atoms with Crippen LogP contribution in [0.1, 0.15) is 56.3 Å². The minimum absolute atomic E-state index is 0.270. The third kappa shape index (κ3) is 16.2. The van der Waals surface area contributed by atoms with Crippen LogP contribution < -0.4 is 5.73 Å². The molecule has 0 amide bonds. The highest BCUT2D eigenvalue weighted by atomic mass is 32.3. The molecule has 1 rings (SSSR count). The van der Waals surface area contributed by atoms with Gasteiger partial charge in [-0.15, -0.1) is 0 Å². The molecule has 156 valence electrons. The van der Waals surface area contributed by atoms with Crippen LogP contribution in [0.3, 0.4) is 0 Å². The molecule has 9 heteroatoms. The third-order valence-corrected chi connectivity index (χ3v) is 3.65. The number of benzene rings is 1. The first-order valence-corrected chi connectivity index (χ1v) is 10.5. The summed E-state index contributed by atoms with van der Waals surface area (Å²) in [5, 5.41) is 0. The molecular formula is C18H32N2O6S. The van der Waals surface area contributed by atoms with Crippen molar-refractivity contribution in [3.8, 4) is 0 Å². The highest BCUT2D eigenvalue weighted by Gasteiger charge is 2.08. The van der Waals surface area contributed by atoms with Gasteiger partial charge in [0.1, 0.15) is 0 Å². The zero-order chi connectivity index (χ0) is 20.7. The Labute approximate surface area is 162 Å². The molecule has 0 aliphatic rings. The molecule has 1 aromatic carbocycles. The van der Waals surface area contributed by atoms with E-state index in [4.69, 9.17) is 28.0 Å². The number of hydrogen-bond donors (Lipinski definition) is 3. The van der Waals surface area contributed by atoms with Gasteiger partial charge in [-0.25, -0.2) is 4.79 Å². The third-order valence-electron chi connectivity index (χ3n) is 3.65. The molecule has 0 fully saturated rings. The van der Waals surface area contributed by atoms with Crippen LogP contribution in [0.15, 0.2) is 24.3 Å². The Kier molecular flexibility index (Phi) is 13.5. The van der Waals surface area contributed by atoms with Crippen molar-refractivity contribution in [2.24, 2.45) is 0 Å². The smallest absolute Gasteiger partial charge is 0.394 e. The summed E-state index contributed by atoms with van der Waals surface area (Å²) in [6.45, 7) is 8.18. The van der Waals surface area contributed by atoms with Crippen molar-refractivity contribution < 1.29 is 27.1 Å². The summed E-state index contributed by atoms with van der Waals surface area (Å²) in [7, 11) is -4.67. The van der Waals surface area contributed by atoms with Gasteiger partial charge in [-0.2, -0.15) is 8.42 Å². The summed E-state index contributed by atoms with van der Waals surface area (Å²) in [5.74, 6) is -0.270. The number of unbranched alkanes of at least 4 members (excludes halogenated alkanes) is 2. The van der Waals surface area contributed by atoms with Crippen LogP contribution in [0.5, 0.6) is 0 Å². The Bertz CT molecular complexity index is 603. The zero-order valence-corrected chi connectivity index (χ0v) is 17.0. The summed E-state index contributed by atoms with van der Waals surface area (Å²) in [6, 6.07) is 6.83. The normalized spacial score (nSPS) is 11.0. The minimum Gasteiger partial charge on any atom is -0.462 e. The lowest BCUT2D eigenvalue weighted by Crippen LogP contribution is -2.28. The van der Waals surface area contributed by atoms with Crippen molar-refractivity contribution in [2.45, 2.75) is 46.0 Å². The van der Waals surface area contributed by atoms with Gasteiger partial charge in [-0.1, -0.05) is 26.7 Å². The highest BCUT2D eigenvalue weighted by Crippen LogP contribution is 2.07. The number of rotatable bonds is 11. The maximum Gasteiger partial charge on any atom is 0.394 e. The lowest BCUT2D eigenvalue weighted by molar-refractivity contribution is 0.0487. The van der Waals surface area contributed by atoms with Gasteiger partial charge in [-0.3, -0.25) is 9.11 Å². The van der Waals surface area contributed by atoms with E-state index in [0.717, 1.165) is 26.1 Å².